The number of hydrogen-bond acceptors (Lipinski definition) is 3. The molecule has 0 saturated heterocycles. The lowest BCUT2D eigenvalue weighted by molar-refractivity contribution is 0.0279. The molecule has 1 atom stereocenters. The predicted molar refractivity (Wildman–Crippen MR) is 172 cm³/mol. The number of rotatable bonds is 8. The third-order valence-electron chi connectivity index (χ3n) is 8.66. The molecule has 1 aromatic heterocycles. The van der Waals surface area contributed by atoms with Crippen LogP contribution in [-0.4, -0.2) is 20.6 Å². The van der Waals surface area contributed by atoms with Gasteiger partial charge in [0, 0.05) is 11.8 Å². The monoisotopic (exact) mass is 565 g/mol. The molecule has 0 aliphatic rings. The second kappa shape index (κ2) is 11.0. The zero-order valence-corrected chi connectivity index (χ0v) is 24.6. The molecule has 43 heavy (non-hydrogen) atoms. The lowest BCUT2D eigenvalue weighted by Gasteiger charge is -2.37. The molecule has 0 aliphatic carbocycles. The van der Waals surface area contributed by atoms with Crippen molar-refractivity contribution >= 4 is 16.7 Å². The first-order valence-electron chi connectivity index (χ1n) is 14.5. The lowest BCUT2D eigenvalue weighted by Crippen LogP contribution is -2.37. The van der Waals surface area contributed by atoms with Crippen molar-refractivity contribution in [1.82, 2.24) is 9.55 Å². The van der Waals surface area contributed by atoms with E-state index in [0.717, 1.165) is 38.6 Å². The van der Waals surface area contributed by atoms with Crippen molar-refractivity contribution in [3.8, 4) is 0 Å². The lowest BCUT2D eigenvalue weighted by atomic mass is 9.76. The van der Waals surface area contributed by atoms with Crippen LogP contribution in [0.4, 0.5) is 0 Å². The van der Waals surface area contributed by atoms with Gasteiger partial charge in [0.1, 0.15) is 11.1 Å². The molecule has 0 spiro atoms. The summed E-state index contributed by atoms with van der Waals surface area (Å²) in [6.45, 7) is 5.88. The summed E-state index contributed by atoms with van der Waals surface area (Å²) in [6, 6.07) is 40.8. The van der Waals surface area contributed by atoms with Gasteiger partial charge >= 0.3 is 0 Å². The fraction of sp³-hybridized carbons (Fsp3) is 0.158. The molecule has 6 aromatic rings. The number of aryl methyl sites for hydroxylation is 1. The molecule has 5 heteroatoms. The standard InChI is InChI=1S/C38H35N3O2/c1-26(2)38(43,33-20-19-28-23-34(36(39)42)27(3)21-29(28)22-33)35-24-41(25-40-35)37(30-13-7-4-8-14-30,31-15-9-5-10-16-31)32-17-11-6-12-18-32/h4-26,43H,1-3H3,(H2,39,42). The summed E-state index contributed by atoms with van der Waals surface area (Å²) in [4.78, 5) is 16.8. The van der Waals surface area contributed by atoms with Gasteiger partial charge in [-0.25, -0.2) is 4.98 Å². The smallest absolute Gasteiger partial charge is 0.248 e. The topological polar surface area (TPSA) is 81.1 Å². The molecule has 3 N–H and O–H groups in total. The Morgan fingerprint density at radius 3 is 1.77 bits per heavy atom. The van der Waals surface area contributed by atoms with Gasteiger partial charge in [0.15, 0.2) is 0 Å². The molecular formula is C38H35N3O2. The van der Waals surface area contributed by atoms with Crippen molar-refractivity contribution in [2.75, 3.05) is 0 Å². The van der Waals surface area contributed by atoms with E-state index in [9.17, 15) is 9.90 Å². The van der Waals surface area contributed by atoms with Crippen molar-refractivity contribution in [2.45, 2.75) is 31.9 Å². The minimum atomic E-state index is -1.38. The number of carbonyl (C=O) groups excluding carboxylic acids is 1. The summed E-state index contributed by atoms with van der Waals surface area (Å²) in [5, 5.41) is 14.4. The second-order valence-corrected chi connectivity index (χ2v) is 11.5. The maximum atomic E-state index is 12.5. The van der Waals surface area contributed by atoms with E-state index in [1.807, 2.05) is 81.8 Å². The highest BCUT2D eigenvalue weighted by atomic mass is 16.3. The Bertz CT molecular complexity index is 1800. The Kier molecular flexibility index (Phi) is 7.20. The Morgan fingerprint density at radius 1 is 0.744 bits per heavy atom. The normalized spacial score (nSPS) is 13.2. The summed E-state index contributed by atoms with van der Waals surface area (Å²) in [5.74, 6) is -0.648. The minimum absolute atomic E-state index is 0.195. The molecular weight excluding hydrogens is 530 g/mol. The van der Waals surface area contributed by atoms with Crippen LogP contribution in [0.3, 0.4) is 0 Å². The van der Waals surface area contributed by atoms with Crippen LogP contribution in [-0.2, 0) is 11.1 Å². The highest BCUT2D eigenvalue weighted by molar-refractivity contribution is 5.99. The SMILES string of the molecule is Cc1cc2cc(C(O)(c3cn(C(c4ccccc4)(c4ccccc4)c4ccccc4)cn3)C(C)C)ccc2cc1C(N)=O. The zero-order valence-electron chi connectivity index (χ0n) is 24.6. The Balaban J connectivity index is 1.57. The number of aliphatic hydroxyl groups is 1. The van der Waals surface area contributed by atoms with E-state index in [0.29, 0.717) is 11.3 Å². The average Bonchev–Trinajstić information content (AvgIpc) is 3.53. The van der Waals surface area contributed by atoms with Gasteiger partial charge in [0.05, 0.1) is 12.0 Å². The van der Waals surface area contributed by atoms with Crippen LogP contribution < -0.4 is 5.73 Å². The van der Waals surface area contributed by atoms with Gasteiger partial charge in [-0.3, -0.25) is 4.79 Å². The number of primary amides is 1. The number of nitrogens with zero attached hydrogens (tertiary/aromatic N) is 2. The molecule has 0 saturated carbocycles. The summed E-state index contributed by atoms with van der Waals surface area (Å²) < 4.78 is 2.13. The highest BCUT2D eigenvalue weighted by Gasteiger charge is 2.42. The summed E-state index contributed by atoms with van der Waals surface area (Å²) in [6.07, 6.45) is 3.82. The molecule has 0 fully saturated rings. The van der Waals surface area contributed by atoms with Crippen LogP contribution in [0.5, 0.6) is 0 Å². The number of imidazole rings is 1. The first-order valence-corrected chi connectivity index (χ1v) is 14.5. The van der Waals surface area contributed by atoms with Crippen LogP contribution in [0.25, 0.3) is 10.8 Å². The van der Waals surface area contributed by atoms with Crippen LogP contribution in [0.1, 0.15) is 57.7 Å². The summed E-state index contributed by atoms with van der Waals surface area (Å²) in [7, 11) is 0. The molecule has 1 unspecified atom stereocenters. The van der Waals surface area contributed by atoms with E-state index in [-0.39, 0.29) is 5.92 Å². The Labute approximate surface area is 252 Å². The van der Waals surface area contributed by atoms with Crippen molar-refractivity contribution in [3.63, 3.8) is 0 Å². The zero-order chi connectivity index (χ0) is 30.2. The summed E-state index contributed by atoms with van der Waals surface area (Å²) >= 11 is 0. The predicted octanol–water partition coefficient (Wildman–Crippen LogP) is 7.18. The first kappa shape index (κ1) is 28.1. The van der Waals surface area contributed by atoms with E-state index in [4.69, 9.17) is 10.7 Å². The van der Waals surface area contributed by atoms with Gasteiger partial charge in [0.25, 0.3) is 0 Å². The van der Waals surface area contributed by atoms with E-state index >= 15 is 0 Å². The fourth-order valence-corrected chi connectivity index (χ4v) is 6.38. The van der Waals surface area contributed by atoms with Crippen LogP contribution in [0.15, 0.2) is 134 Å². The molecule has 1 amide bonds. The molecule has 214 valence electrons. The highest BCUT2D eigenvalue weighted by Crippen LogP contribution is 2.43. The molecule has 5 aromatic carbocycles. The second-order valence-electron chi connectivity index (χ2n) is 11.5. The fourth-order valence-electron chi connectivity index (χ4n) is 6.38. The van der Waals surface area contributed by atoms with Crippen molar-refractivity contribution in [1.29, 1.82) is 0 Å². The number of aromatic nitrogens is 2. The maximum absolute atomic E-state index is 12.5. The third kappa shape index (κ3) is 4.62. The van der Waals surface area contributed by atoms with Gasteiger partial charge in [-0.1, -0.05) is 123 Å². The largest absolute Gasteiger partial charge is 0.378 e. The van der Waals surface area contributed by atoms with E-state index in [1.165, 1.54) is 0 Å². The van der Waals surface area contributed by atoms with E-state index in [1.54, 1.807) is 0 Å². The molecule has 0 aliphatic heterocycles. The molecule has 5 nitrogen and oxygen atoms in total. The molecule has 1 heterocycles. The van der Waals surface area contributed by atoms with Crippen molar-refractivity contribution in [3.05, 3.63) is 173 Å². The first-order chi connectivity index (χ1) is 20.8. The van der Waals surface area contributed by atoms with E-state index in [2.05, 4.69) is 77.4 Å². The van der Waals surface area contributed by atoms with Crippen LogP contribution >= 0.6 is 0 Å². The number of hydrogen-bond donors (Lipinski definition) is 2. The maximum Gasteiger partial charge on any atom is 0.248 e. The number of amides is 1. The molecule has 6 rings (SSSR count). The van der Waals surface area contributed by atoms with E-state index < -0.39 is 17.0 Å². The number of nitrogens with two attached hydrogens (primary N) is 1. The van der Waals surface area contributed by atoms with Gasteiger partial charge in [-0.05, 0) is 63.6 Å². The number of carbonyl (C=O) groups is 1. The average molecular weight is 566 g/mol. The number of fused-ring (bicyclic) bond motifs is 1. The number of benzene rings is 5. The van der Waals surface area contributed by atoms with Crippen molar-refractivity contribution < 1.29 is 9.90 Å². The van der Waals surface area contributed by atoms with Gasteiger partial charge in [-0.2, -0.15) is 0 Å². The molecule has 0 radical (unpaired) electrons. The van der Waals surface area contributed by atoms with Crippen LogP contribution in [0, 0.1) is 12.8 Å². The third-order valence-corrected chi connectivity index (χ3v) is 8.66. The quantitative estimate of drug-likeness (QED) is 0.192. The summed E-state index contributed by atoms with van der Waals surface area (Å²) in [5.41, 5.74) is 9.30. The molecule has 0 bridgehead atoms. The van der Waals surface area contributed by atoms with Gasteiger partial charge in [-0.15, -0.1) is 0 Å². The Hall–Kier alpha value is -5.00. The Morgan fingerprint density at radius 2 is 1.28 bits per heavy atom. The van der Waals surface area contributed by atoms with Gasteiger partial charge < -0.3 is 15.4 Å². The van der Waals surface area contributed by atoms with Crippen molar-refractivity contribution in [2.24, 2.45) is 11.7 Å². The van der Waals surface area contributed by atoms with Crippen LogP contribution in [0.2, 0.25) is 0 Å². The minimum Gasteiger partial charge on any atom is -0.378 e. The van der Waals surface area contributed by atoms with Gasteiger partial charge in [0.2, 0.25) is 5.91 Å².